The molecule has 1 aromatic carbocycles. The molecular formula is C19H14F6N2O3. The largest absolute Gasteiger partial charge is 0.484 e. The van der Waals surface area contributed by atoms with Gasteiger partial charge in [0.25, 0.3) is 5.56 Å². The van der Waals surface area contributed by atoms with Gasteiger partial charge in [-0.3, -0.25) is 9.20 Å². The Bertz CT molecular complexity index is 1120. The van der Waals surface area contributed by atoms with Crippen molar-refractivity contribution in [3.8, 4) is 16.9 Å². The molecule has 0 bridgehead atoms. The summed E-state index contributed by atoms with van der Waals surface area (Å²) < 4.78 is 83.0. The van der Waals surface area contributed by atoms with E-state index in [1.165, 1.54) is 25.3 Å². The van der Waals surface area contributed by atoms with Crippen LogP contribution < -0.4 is 10.3 Å². The van der Waals surface area contributed by atoms with Gasteiger partial charge >= 0.3 is 12.4 Å². The van der Waals surface area contributed by atoms with Gasteiger partial charge in [-0.05, 0) is 42.3 Å². The fourth-order valence-electron chi connectivity index (χ4n) is 2.76. The minimum Gasteiger partial charge on any atom is -0.484 e. The van der Waals surface area contributed by atoms with Crippen molar-refractivity contribution in [1.29, 1.82) is 0 Å². The number of hydrogen-bond acceptors (Lipinski definition) is 4. The van der Waals surface area contributed by atoms with E-state index < -0.39 is 41.9 Å². The van der Waals surface area contributed by atoms with Crippen molar-refractivity contribution >= 4 is 5.65 Å². The number of alkyl halides is 6. The molecule has 5 nitrogen and oxygen atoms in total. The predicted molar refractivity (Wildman–Crippen MR) is 94.1 cm³/mol. The van der Waals surface area contributed by atoms with Crippen LogP contribution in [0.5, 0.6) is 5.75 Å². The van der Waals surface area contributed by atoms with Crippen LogP contribution in [0.15, 0.2) is 47.4 Å². The average molecular weight is 432 g/mol. The minimum atomic E-state index is -4.98. The van der Waals surface area contributed by atoms with Crippen molar-refractivity contribution < 1.29 is 36.2 Å². The molecule has 0 aliphatic carbocycles. The van der Waals surface area contributed by atoms with E-state index in [9.17, 15) is 36.2 Å². The third-order valence-corrected chi connectivity index (χ3v) is 4.15. The molecule has 3 aromatic rings. The summed E-state index contributed by atoms with van der Waals surface area (Å²) in [5.74, 6) is -0.222. The van der Waals surface area contributed by atoms with Crippen LogP contribution in [0, 0.1) is 0 Å². The van der Waals surface area contributed by atoms with E-state index in [0.29, 0.717) is 0 Å². The van der Waals surface area contributed by atoms with E-state index in [2.05, 4.69) is 9.72 Å². The van der Waals surface area contributed by atoms with Crippen molar-refractivity contribution in [2.24, 2.45) is 0 Å². The van der Waals surface area contributed by atoms with Crippen LogP contribution in [0.4, 0.5) is 26.3 Å². The van der Waals surface area contributed by atoms with Gasteiger partial charge < -0.3 is 9.84 Å². The zero-order chi connectivity index (χ0) is 22.3. The number of fused-ring (bicyclic) bond motifs is 1. The Labute approximate surface area is 165 Å². The van der Waals surface area contributed by atoms with Crippen molar-refractivity contribution in [3.63, 3.8) is 0 Å². The molecule has 3 rings (SSSR count). The lowest BCUT2D eigenvalue weighted by Crippen LogP contribution is -2.24. The Morgan fingerprint density at radius 2 is 1.73 bits per heavy atom. The summed E-state index contributed by atoms with van der Waals surface area (Å²) in [6.45, 7) is -0.155. The Morgan fingerprint density at radius 1 is 1.10 bits per heavy atom. The molecular weight excluding hydrogens is 418 g/mol. The molecule has 0 spiro atoms. The Hall–Kier alpha value is -3.08. The second kappa shape index (κ2) is 7.63. The number of halogens is 6. The lowest BCUT2D eigenvalue weighted by atomic mass is 10.0. The number of rotatable bonds is 4. The maximum absolute atomic E-state index is 13.6. The highest BCUT2D eigenvalue weighted by molar-refractivity contribution is 5.68. The number of pyridine rings is 1. The number of aliphatic hydroxyl groups is 1. The van der Waals surface area contributed by atoms with Gasteiger partial charge in [0, 0.05) is 6.20 Å². The molecule has 0 aliphatic rings. The van der Waals surface area contributed by atoms with Crippen LogP contribution in [0.3, 0.4) is 0 Å². The lowest BCUT2D eigenvalue weighted by molar-refractivity contribution is -0.153. The zero-order valence-electron chi connectivity index (χ0n) is 15.3. The standard InChI is InChI=1S/C19H14F6N2O3/c1-10(28)12-6-7-27-14(8-12)26-16(19(23,24)25)15(17(27)29)11-2-4-13(5-3-11)30-9-18(20,21)22/h2-8,10,28H,9H2,1H3/t10-/m0/s1. The molecule has 1 N–H and O–H groups in total. The maximum Gasteiger partial charge on any atom is 0.434 e. The van der Waals surface area contributed by atoms with Crippen LogP contribution in [0.1, 0.15) is 24.3 Å². The second-order valence-corrected chi connectivity index (χ2v) is 6.43. The van der Waals surface area contributed by atoms with Gasteiger partial charge in [0.15, 0.2) is 12.3 Å². The first-order valence-electron chi connectivity index (χ1n) is 8.48. The lowest BCUT2D eigenvalue weighted by Gasteiger charge is -2.15. The van der Waals surface area contributed by atoms with Gasteiger partial charge in [-0.25, -0.2) is 4.98 Å². The van der Waals surface area contributed by atoms with E-state index >= 15 is 0 Å². The number of aliphatic hydroxyl groups excluding tert-OH is 1. The summed E-state index contributed by atoms with van der Waals surface area (Å²) in [7, 11) is 0. The fraction of sp³-hybridized carbons (Fsp3) is 0.263. The number of benzene rings is 1. The molecule has 0 amide bonds. The van der Waals surface area contributed by atoms with Crippen molar-refractivity contribution in [3.05, 3.63) is 64.2 Å². The molecule has 0 unspecified atom stereocenters. The monoisotopic (exact) mass is 432 g/mol. The highest BCUT2D eigenvalue weighted by Gasteiger charge is 2.38. The highest BCUT2D eigenvalue weighted by Crippen LogP contribution is 2.35. The fourth-order valence-corrected chi connectivity index (χ4v) is 2.76. The SMILES string of the molecule is C[C@H](O)c1ccn2c(=O)c(-c3ccc(OCC(F)(F)F)cc3)c(C(F)(F)F)nc2c1. The van der Waals surface area contributed by atoms with E-state index in [4.69, 9.17) is 0 Å². The van der Waals surface area contributed by atoms with Gasteiger partial charge in [-0.15, -0.1) is 0 Å². The molecule has 0 radical (unpaired) electrons. The van der Waals surface area contributed by atoms with E-state index in [-0.39, 0.29) is 22.5 Å². The zero-order valence-corrected chi connectivity index (χ0v) is 15.3. The van der Waals surface area contributed by atoms with E-state index in [1.807, 2.05) is 0 Å². The molecule has 2 heterocycles. The molecule has 0 aliphatic heterocycles. The van der Waals surface area contributed by atoms with Crippen LogP contribution in [0.2, 0.25) is 0 Å². The summed E-state index contributed by atoms with van der Waals surface area (Å²) in [6, 6.07) is 6.70. The smallest absolute Gasteiger partial charge is 0.434 e. The minimum absolute atomic E-state index is 0.187. The molecule has 2 aromatic heterocycles. The van der Waals surface area contributed by atoms with Gasteiger partial charge in [0.2, 0.25) is 0 Å². The Balaban J connectivity index is 2.13. The van der Waals surface area contributed by atoms with Gasteiger partial charge in [-0.2, -0.15) is 26.3 Å². The van der Waals surface area contributed by atoms with Gasteiger partial charge in [0.1, 0.15) is 11.4 Å². The van der Waals surface area contributed by atoms with Crippen LogP contribution in [-0.4, -0.2) is 27.3 Å². The highest BCUT2D eigenvalue weighted by atomic mass is 19.4. The average Bonchev–Trinajstić information content (AvgIpc) is 2.65. The first-order valence-corrected chi connectivity index (χ1v) is 8.48. The second-order valence-electron chi connectivity index (χ2n) is 6.43. The van der Waals surface area contributed by atoms with E-state index in [0.717, 1.165) is 28.7 Å². The van der Waals surface area contributed by atoms with Crippen molar-refractivity contribution in [2.75, 3.05) is 6.61 Å². The number of aromatic nitrogens is 2. The van der Waals surface area contributed by atoms with Crippen molar-refractivity contribution in [1.82, 2.24) is 9.38 Å². The first kappa shape index (κ1) is 21.6. The molecule has 160 valence electrons. The third-order valence-electron chi connectivity index (χ3n) is 4.15. The molecule has 0 saturated carbocycles. The summed E-state index contributed by atoms with van der Waals surface area (Å²) in [4.78, 5) is 16.4. The predicted octanol–water partition coefficient (Wildman–Crippen LogP) is 4.37. The van der Waals surface area contributed by atoms with Crippen LogP contribution in [0.25, 0.3) is 16.8 Å². The summed E-state index contributed by atoms with van der Waals surface area (Å²) in [6.07, 6.45) is -9.34. The van der Waals surface area contributed by atoms with Crippen LogP contribution >= 0.6 is 0 Å². The van der Waals surface area contributed by atoms with Gasteiger partial charge in [-0.1, -0.05) is 12.1 Å². The van der Waals surface area contributed by atoms with Gasteiger partial charge in [0.05, 0.1) is 11.7 Å². The number of ether oxygens (including phenoxy) is 1. The summed E-state index contributed by atoms with van der Waals surface area (Å²) >= 11 is 0. The first-order chi connectivity index (χ1) is 13.9. The third kappa shape index (κ3) is 4.56. The number of hydrogen-bond donors (Lipinski definition) is 1. The molecule has 1 atom stereocenters. The normalized spacial score (nSPS) is 13.5. The topological polar surface area (TPSA) is 63.8 Å². The molecule has 0 fully saturated rings. The van der Waals surface area contributed by atoms with E-state index in [1.54, 1.807) is 0 Å². The summed E-state index contributed by atoms with van der Waals surface area (Å²) in [5.41, 5.74) is -3.44. The summed E-state index contributed by atoms with van der Waals surface area (Å²) in [5, 5.41) is 9.61. The molecule has 0 saturated heterocycles. The Kier molecular flexibility index (Phi) is 5.50. The van der Waals surface area contributed by atoms with Crippen molar-refractivity contribution in [2.45, 2.75) is 25.4 Å². The number of nitrogens with zero attached hydrogens (tertiary/aromatic N) is 2. The molecule has 30 heavy (non-hydrogen) atoms. The van der Waals surface area contributed by atoms with Crippen LogP contribution in [-0.2, 0) is 6.18 Å². The Morgan fingerprint density at radius 3 is 2.27 bits per heavy atom. The maximum atomic E-state index is 13.6. The molecule has 11 heteroatoms. The quantitative estimate of drug-likeness (QED) is 0.622.